The Hall–Kier alpha value is -1.03. The number of rotatable bonds is 3. The van der Waals surface area contributed by atoms with Crippen molar-refractivity contribution in [2.75, 3.05) is 0 Å². The second-order valence-electron chi connectivity index (χ2n) is 3.23. The van der Waals surface area contributed by atoms with Gasteiger partial charge in [0.2, 0.25) is 0 Å². The first-order valence-corrected chi connectivity index (χ1v) is 5.82. The van der Waals surface area contributed by atoms with Gasteiger partial charge in [0.15, 0.2) is 0 Å². The van der Waals surface area contributed by atoms with E-state index in [2.05, 4.69) is 9.97 Å². The maximum atomic E-state index is 5.98. The van der Waals surface area contributed by atoms with E-state index < -0.39 is 0 Å². The highest BCUT2D eigenvalue weighted by Gasteiger charge is 2.04. The fraction of sp³-hybridized carbons (Fsp3) is 0.0909. The summed E-state index contributed by atoms with van der Waals surface area (Å²) in [5, 5.41) is 1.38. The van der Waals surface area contributed by atoms with Crippen molar-refractivity contribution in [2.45, 2.75) is 6.61 Å². The predicted octanol–water partition coefficient (Wildman–Crippen LogP) is 4.02. The van der Waals surface area contributed by atoms with E-state index in [0.717, 1.165) is 5.56 Å². The lowest BCUT2D eigenvalue weighted by atomic mass is 10.3. The van der Waals surface area contributed by atoms with E-state index >= 15 is 0 Å². The van der Waals surface area contributed by atoms with E-state index in [1.165, 1.54) is 6.20 Å². The van der Waals surface area contributed by atoms with Crippen molar-refractivity contribution < 1.29 is 4.74 Å². The molecule has 0 aromatic carbocycles. The Labute approximate surface area is 113 Å². The van der Waals surface area contributed by atoms with Gasteiger partial charge in [-0.3, -0.25) is 4.98 Å². The van der Waals surface area contributed by atoms with Gasteiger partial charge in [-0.05, 0) is 6.07 Å². The molecule has 0 aliphatic heterocycles. The molecule has 0 atom stereocenters. The molecule has 0 aliphatic rings. The first-order chi connectivity index (χ1) is 8.15. The highest BCUT2D eigenvalue weighted by molar-refractivity contribution is 6.34. The minimum Gasteiger partial charge on any atom is -0.487 e. The average molecular weight is 290 g/mol. The Morgan fingerprint density at radius 1 is 1.06 bits per heavy atom. The largest absolute Gasteiger partial charge is 0.487 e. The fourth-order valence-corrected chi connectivity index (χ4v) is 1.76. The molecule has 88 valence electrons. The van der Waals surface area contributed by atoms with Crippen molar-refractivity contribution in [3.8, 4) is 5.75 Å². The molecule has 0 unspecified atom stereocenters. The van der Waals surface area contributed by atoms with Crippen molar-refractivity contribution >= 4 is 34.8 Å². The molecule has 0 N–H and O–H groups in total. The highest BCUT2D eigenvalue weighted by Crippen LogP contribution is 2.21. The Kier molecular flexibility index (Phi) is 4.05. The number of pyridine rings is 2. The summed E-state index contributed by atoms with van der Waals surface area (Å²) in [6.45, 7) is 0.283. The van der Waals surface area contributed by atoms with Crippen molar-refractivity contribution in [3.63, 3.8) is 0 Å². The second-order valence-corrected chi connectivity index (χ2v) is 4.46. The highest BCUT2D eigenvalue weighted by atomic mass is 35.5. The van der Waals surface area contributed by atoms with Crippen LogP contribution in [0.1, 0.15) is 5.56 Å². The summed E-state index contributed by atoms with van der Waals surface area (Å²) >= 11 is 17.5. The number of nitrogens with zero attached hydrogens (tertiary/aromatic N) is 2. The van der Waals surface area contributed by atoms with E-state index in [0.29, 0.717) is 20.9 Å². The van der Waals surface area contributed by atoms with Crippen LogP contribution in [-0.4, -0.2) is 9.97 Å². The van der Waals surface area contributed by atoms with Crippen LogP contribution in [0.5, 0.6) is 5.75 Å². The van der Waals surface area contributed by atoms with Crippen LogP contribution in [0.4, 0.5) is 0 Å². The second kappa shape index (κ2) is 5.54. The SMILES string of the molecule is Clc1cncc(OCc2cnc(Cl)cc2Cl)c1. The first kappa shape index (κ1) is 12.4. The molecule has 6 heteroatoms. The lowest BCUT2D eigenvalue weighted by molar-refractivity contribution is 0.304. The van der Waals surface area contributed by atoms with Crippen molar-refractivity contribution in [1.29, 1.82) is 0 Å². The molecule has 2 aromatic rings. The van der Waals surface area contributed by atoms with Gasteiger partial charge in [0, 0.05) is 24.0 Å². The van der Waals surface area contributed by atoms with E-state index in [1.807, 2.05) is 0 Å². The molecular formula is C11H7Cl3N2O. The Morgan fingerprint density at radius 2 is 1.88 bits per heavy atom. The van der Waals surface area contributed by atoms with Gasteiger partial charge in [0.05, 0.1) is 16.2 Å². The molecule has 17 heavy (non-hydrogen) atoms. The van der Waals surface area contributed by atoms with Crippen LogP contribution in [0, 0.1) is 0 Å². The van der Waals surface area contributed by atoms with Gasteiger partial charge >= 0.3 is 0 Å². The maximum Gasteiger partial charge on any atom is 0.139 e. The first-order valence-electron chi connectivity index (χ1n) is 4.68. The van der Waals surface area contributed by atoms with Crippen LogP contribution < -0.4 is 4.74 Å². The van der Waals surface area contributed by atoms with Crippen LogP contribution in [0.3, 0.4) is 0 Å². The summed E-state index contributed by atoms with van der Waals surface area (Å²) in [5.74, 6) is 0.573. The van der Waals surface area contributed by atoms with Gasteiger partial charge in [-0.2, -0.15) is 0 Å². The molecular weight excluding hydrogens is 282 g/mol. The summed E-state index contributed by atoms with van der Waals surface area (Å²) in [5.41, 5.74) is 0.746. The Morgan fingerprint density at radius 3 is 2.59 bits per heavy atom. The van der Waals surface area contributed by atoms with Crippen LogP contribution >= 0.6 is 34.8 Å². The Balaban J connectivity index is 2.07. The smallest absolute Gasteiger partial charge is 0.139 e. The predicted molar refractivity (Wildman–Crippen MR) is 67.8 cm³/mol. The molecule has 0 saturated carbocycles. The molecule has 0 fully saturated rings. The van der Waals surface area contributed by atoms with E-state index in [4.69, 9.17) is 39.5 Å². The third-order valence-electron chi connectivity index (χ3n) is 1.97. The van der Waals surface area contributed by atoms with Gasteiger partial charge in [0.1, 0.15) is 17.5 Å². The topological polar surface area (TPSA) is 35.0 Å². The maximum absolute atomic E-state index is 5.98. The van der Waals surface area contributed by atoms with Gasteiger partial charge < -0.3 is 4.74 Å². The van der Waals surface area contributed by atoms with Gasteiger partial charge in [-0.15, -0.1) is 0 Å². The fourth-order valence-electron chi connectivity index (χ4n) is 1.17. The number of aromatic nitrogens is 2. The van der Waals surface area contributed by atoms with Crippen molar-refractivity contribution in [3.05, 3.63) is 51.5 Å². The normalized spacial score (nSPS) is 10.3. The number of halogens is 3. The zero-order valence-corrected chi connectivity index (χ0v) is 10.8. The minimum absolute atomic E-state index is 0.283. The lowest BCUT2D eigenvalue weighted by Crippen LogP contribution is -1.97. The molecule has 0 amide bonds. The molecule has 0 radical (unpaired) electrons. The standard InChI is InChI=1S/C11H7Cl3N2O/c12-8-1-9(5-15-4-8)17-6-7-3-16-11(14)2-10(7)13/h1-5H,6H2. The number of hydrogen-bond donors (Lipinski definition) is 0. The van der Waals surface area contributed by atoms with Crippen molar-refractivity contribution in [1.82, 2.24) is 9.97 Å². The van der Waals surface area contributed by atoms with E-state index in [9.17, 15) is 0 Å². The number of ether oxygens (including phenoxy) is 1. The molecule has 0 spiro atoms. The van der Waals surface area contributed by atoms with E-state index in [-0.39, 0.29) is 6.61 Å². The molecule has 3 nitrogen and oxygen atoms in total. The van der Waals surface area contributed by atoms with Crippen molar-refractivity contribution in [2.24, 2.45) is 0 Å². The van der Waals surface area contributed by atoms with Gasteiger partial charge in [-0.1, -0.05) is 34.8 Å². The molecule has 0 bridgehead atoms. The minimum atomic E-state index is 0.283. The molecule has 2 aromatic heterocycles. The molecule has 0 aliphatic carbocycles. The number of hydrogen-bond acceptors (Lipinski definition) is 3. The van der Waals surface area contributed by atoms with Crippen LogP contribution in [0.2, 0.25) is 15.2 Å². The third-order valence-corrected chi connectivity index (χ3v) is 2.74. The summed E-state index contributed by atoms with van der Waals surface area (Å²) in [6.07, 6.45) is 4.68. The quantitative estimate of drug-likeness (QED) is 0.801. The summed E-state index contributed by atoms with van der Waals surface area (Å²) < 4.78 is 5.48. The van der Waals surface area contributed by atoms with E-state index in [1.54, 1.807) is 24.5 Å². The summed E-state index contributed by atoms with van der Waals surface area (Å²) in [4.78, 5) is 7.84. The third kappa shape index (κ3) is 3.46. The molecule has 0 saturated heterocycles. The molecule has 2 rings (SSSR count). The monoisotopic (exact) mass is 288 g/mol. The Bertz CT molecular complexity index is 534. The van der Waals surface area contributed by atoms with Gasteiger partial charge in [-0.25, -0.2) is 4.98 Å². The lowest BCUT2D eigenvalue weighted by Gasteiger charge is -2.07. The summed E-state index contributed by atoms with van der Waals surface area (Å²) in [6, 6.07) is 3.24. The summed E-state index contributed by atoms with van der Waals surface area (Å²) in [7, 11) is 0. The zero-order chi connectivity index (χ0) is 12.3. The van der Waals surface area contributed by atoms with Crippen LogP contribution in [0.25, 0.3) is 0 Å². The molecule has 2 heterocycles. The average Bonchev–Trinajstić information content (AvgIpc) is 2.28. The van der Waals surface area contributed by atoms with Crippen LogP contribution in [-0.2, 0) is 6.61 Å². The van der Waals surface area contributed by atoms with Crippen LogP contribution in [0.15, 0.2) is 30.7 Å². The van der Waals surface area contributed by atoms with Gasteiger partial charge in [0.25, 0.3) is 0 Å². The zero-order valence-electron chi connectivity index (χ0n) is 8.53.